The molecule has 0 bridgehead atoms. The molecule has 3 rings (SSSR count). The Morgan fingerprint density at radius 1 is 1.20 bits per heavy atom. The van der Waals surface area contributed by atoms with Crippen molar-refractivity contribution in [3.8, 4) is 11.8 Å². The number of carbonyl (C=O) groups excluding carboxylic acids is 2. The number of rotatable bonds is 12. The van der Waals surface area contributed by atoms with E-state index in [1.54, 1.807) is 52.0 Å². The lowest BCUT2D eigenvalue weighted by Crippen LogP contribution is -2.56. The molecule has 0 aliphatic heterocycles. The fraction of sp³-hybridized carbons (Fsp3) is 0.483. The van der Waals surface area contributed by atoms with E-state index >= 15 is 0 Å². The van der Waals surface area contributed by atoms with Gasteiger partial charge in [0.2, 0.25) is 5.91 Å². The molecule has 3 aromatic rings. The summed E-state index contributed by atoms with van der Waals surface area (Å²) in [4.78, 5) is 54.7. The van der Waals surface area contributed by atoms with Gasteiger partial charge in [-0.15, -0.1) is 11.3 Å². The van der Waals surface area contributed by atoms with Crippen LogP contribution in [0.5, 0.6) is 5.75 Å². The Morgan fingerprint density at radius 3 is 2.49 bits per heavy atom. The Kier molecular flexibility index (Phi) is 10.1. The minimum Gasteiger partial charge on any atom is -0.496 e. The maximum atomic E-state index is 14.2. The zero-order valence-corrected chi connectivity index (χ0v) is 25.2. The molecule has 0 unspecified atom stereocenters. The summed E-state index contributed by atoms with van der Waals surface area (Å²) in [6.07, 6.45) is -0.657. The van der Waals surface area contributed by atoms with Gasteiger partial charge in [-0.2, -0.15) is 5.26 Å². The zero-order chi connectivity index (χ0) is 30.5. The Balaban J connectivity index is 2.37. The van der Waals surface area contributed by atoms with Crippen LogP contribution >= 0.6 is 11.3 Å². The lowest BCUT2D eigenvalue weighted by atomic mass is 10.0. The number of aryl methyl sites for hydroxylation is 1. The van der Waals surface area contributed by atoms with Gasteiger partial charge in [-0.1, -0.05) is 18.2 Å². The number of ether oxygens (including phenoxy) is 3. The molecule has 0 fully saturated rings. The molecule has 0 aliphatic rings. The van der Waals surface area contributed by atoms with E-state index in [0.29, 0.717) is 16.9 Å². The first-order valence-corrected chi connectivity index (χ1v) is 14.1. The van der Waals surface area contributed by atoms with E-state index in [1.807, 2.05) is 6.07 Å². The van der Waals surface area contributed by atoms with E-state index in [9.17, 15) is 19.2 Å². The molecule has 0 saturated carbocycles. The largest absolute Gasteiger partial charge is 0.496 e. The third-order valence-electron chi connectivity index (χ3n) is 6.57. The fourth-order valence-corrected chi connectivity index (χ4v) is 5.71. The number of esters is 1. The van der Waals surface area contributed by atoms with Crippen molar-refractivity contribution in [2.75, 3.05) is 20.3 Å². The molecule has 1 aromatic carbocycles. The molecule has 220 valence electrons. The van der Waals surface area contributed by atoms with Crippen LogP contribution in [0, 0.1) is 18.3 Å². The number of aromatic nitrogens is 2. The Labute approximate surface area is 242 Å². The van der Waals surface area contributed by atoms with Gasteiger partial charge >= 0.3 is 11.7 Å². The van der Waals surface area contributed by atoms with Crippen LogP contribution in [0.1, 0.15) is 67.9 Å². The molecule has 1 amide bonds. The van der Waals surface area contributed by atoms with Crippen LogP contribution < -0.4 is 21.3 Å². The van der Waals surface area contributed by atoms with Crippen molar-refractivity contribution in [1.82, 2.24) is 14.5 Å². The van der Waals surface area contributed by atoms with E-state index in [0.717, 1.165) is 15.9 Å². The molecule has 0 saturated heterocycles. The number of nitrogens with one attached hydrogen (secondary N) is 1. The first kappa shape index (κ1) is 31.6. The first-order valence-electron chi connectivity index (χ1n) is 13.3. The number of methoxy groups -OCH3 is 1. The molecule has 2 aromatic heterocycles. The lowest BCUT2D eigenvalue weighted by Gasteiger charge is -2.28. The van der Waals surface area contributed by atoms with Gasteiger partial charge in [0.25, 0.3) is 5.56 Å². The summed E-state index contributed by atoms with van der Waals surface area (Å²) in [6.45, 7) is 9.98. The molecule has 12 heteroatoms. The van der Waals surface area contributed by atoms with Crippen molar-refractivity contribution in [2.24, 2.45) is 0 Å². The Hall–Kier alpha value is -3.95. The van der Waals surface area contributed by atoms with E-state index in [4.69, 9.17) is 19.5 Å². The summed E-state index contributed by atoms with van der Waals surface area (Å²) in [6, 6.07) is 8.95. The monoisotopic (exact) mass is 584 g/mol. The number of fused-ring (bicyclic) bond motifs is 1. The highest BCUT2D eigenvalue weighted by Gasteiger charge is 2.36. The van der Waals surface area contributed by atoms with Crippen molar-refractivity contribution in [3.63, 3.8) is 0 Å². The van der Waals surface area contributed by atoms with Crippen molar-refractivity contribution >= 4 is 33.4 Å². The molecular weight excluding hydrogens is 548 g/mol. The highest BCUT2D eigenvalue weighted by molar-refractivity contribution is 7.20. The summed E-state index contributed by atoms with van der Waals surface area (Å²) < 4.78 is 19.1. The highest BCUT2D eigenvalue weighted by atomic mass is 32.1. The van der Waals surface area contributed by atoms with Crippen LogP contribution in [0.3, 0.4) is 0 Å². The standard InChI is InChI=1S/C29H36N4O7S/c1-8-39-26(35)23-18(4)22-24(34)33(29(5,6)27(36)31-17(2)3)28(37)32(25(22)41-23)16-21(40-15-11-14-30)19-12-9-10-13-20(19)38-7/h9-10,12-13,17,21H,8,11,15-16H2,1-7H3,(H,31,36)/t21-/m0/s1. The molecule has 1 N–H and O–H groups in total. The SMILES string of the molecule is CCOC(=O)c1sc2c(c1C)c(=O)n(C(C)(C)C(=O)NC(C)C)c(=O)n2C[C@H](OCCC#N)c1ccccc1OC. The van der Waals surface area contributed by atoms with Gasteiger partial charge in [0.1, 0.15) is 27.1 Å². The number of benzene rings is 1. The second-order valence-electron chi connectivity index (χ2n) is 10.2. The van der Waals surface area contributed by atoms with Crippen molar-refractivity contribution < 1.29 is 23.8 Å². The van der Waals surface area contributed by atoms with Crippen molar-refractivity contribution in [3.05, 3.63) is 61.1 Å². The molecular formula is C29H36N4O7S. The first-order chi connectivity index (χ1) is 19.4. The summed E-state index contributed by atoms with van der Waals surface area (Å²) in [7, 11) is 1.51. The van der Waals surface area contributed by atoms with Crippen LogP contribution in [0.2, 0.25) is 0 Å². The minimum atomic E-state index is -1.57. The Morgan fingerprint density at radius 2 is 1.88 bits per heavy atom. The third kappa shape index (κ3) is 6.36. The molecule has 11 nitrogen and oxygen atoms in total. The van der Waals surface area contributed by atoms with Gasteiger partial charge in [-0.05, 0) is 53.2 Å². The number of carbonyl (C=O) groups is 2. The number of para-hydroxylation sites is 1. The van der Waals surface area contributed by atoms with Crippen LogP contribution in [-0.4, -0.2) is 47.4 Å². The number of hydrogen-bond acceptors (Lipinski definition) is 9. The van der Waals surface area contributed by atoms with Gasteiger partial charge in [0, 0.05) is 11.6 Å². The van der Waals surface area contributed by atoms with Crippen LogP contribution in [-0.2, 0) is 26.4 Å². The number of amides is 1. The van der Waals surface area contributed by atoms with Crippen LogP contribution in [0.4, 0.5) is 0 Å². The summed E-state index contributed by atoms with van der Waals surface area (Å²) in [5, 5.41) is 12.0. The lowest BCUT2D eigenvalue weighted by molar-refractivity contribution is -0.129. The quantitative estimate of drug-likeness (QED) is 0.251. The molecule has 0 radical (unpaired) electrons. The van der Waals surface area contributed by atoms with Crippen molar-refractivity contribution in [2.45, 2.75) is 72.2 Å². The number of nitrogens with zero attached hydrogens (tertiary/aromatic N) is 3. The summed E-state index contributed by atoms with van der Waals surface area (Å²) >= 11 is 0.976. The predicted octanol–water partition coefficient (Wildman–Crippen LogP) is 3.65. The minimum absolute atomic E-state index is 0.0799. The number of nitriles is 1. The topological polar surface area (TPSA) is 142 Å². The van der Waals surface area contributed by atoms with Gasteiger partial charge in [0.15, 0.2) is 0 Å². The van der Waals surface area contributed by atoms with E-state index in [-0.39, 0.29) is 47.3 Å². The van der Waals surface area contributed by atoms with Gasteiger partial charge in [-0.25, -0.2) is 14.2 Å². The highest BCUT2D eigenvalue weighted by Crippen LogP contribution is 2.33. The van der Waals surface area contributed by atoms with Gasteiger partial charge in [-0.3, -0.25) is 14.2 Å². The predicted molar refractivity (Wildman–Crippen MR) is 156 cm³/mol. The zero-order valence-electron chi connectivity index (χ0n) is 24.4. The number of hydrogen-bond donors (Lipinski definition) is 1. The van der Waals surface area contributed by atoms with Gasteiger partial charge in [0.05, 0.1) is 44.7 Å². The van der Waals surface area contributed by atoms with Crippen molar-refractivity contribution in [1.29, 1.82) is 5.26 Å². The molecule has 0 aliphatic carbocycles. The molecule has 41 heavy (non-hydrogen) atoms. The summed E-state index contributed by atoms with van der Waals surface area (Å²) in [5.74, 6) is -0.611. The molecule has 2 heterocycles. The average molecular weight is 585 g/mol. The fourth-order valence-electron chi connectivity index (χ4n) is 4.52. The molecule has 0 spiro atoms. The van der Waals surface area contributed by atoms with E-state index in [1.165, 1.54) is 25.5 Å². The smallest absolute Gasteiger partial charge is 0.348 e. The van der Waals surface area contributed by atoms with E-state index < -0.39 is 34.8 Å². The second kappa shape index (κ2) is 13.1. The maximum absolute atomic E-state index is 14.2. The average Bonchev–Trinajstić information content (AvgIpc) is 3.27. The van der Waals surface area contributed by atoms with Gasteiger partial charge < -0.3 is 19.5 Å². The maximum Gasteiger partial charge on any atom is 0.348 e. The Bertz CT molecular complexity index is 1590. The van der Waals surface area contributed by atoms with E-state index in [2.05, 4.69) is 5.32 Å². The van der Waals surface area contributed by atoms with Crippen LogP contribution in [0.15, 0.2) is 33.9 Å². The third-order valence-corrected chi connectivity index (χ3v) is 7.87. The molecule has 1 atom stereocenters. The summed E-state index contributed by atoms with van der Waals surface area (Å²) in [5.41, 5.74) is -2.02. The number of thiophene rings is 1. The normalized spacial score (nSPS) is 12.3. The second-order valence-corrected chi connectivity index (χ2v) is 11.2. The van der Waals surface area contributed by atoms with Crippen LogP contribution in [0.25, 0.3) is 10.2 Å².